The number of carbonyl (C=O) groups is 1. The fourth-order valence-electron chi connectivity index (χ4n) is 2.00. The molecule has 0 atom stereocenters. The van der Waals surface area contributed by atoms with E-state index in [1.165, 1.54) is 16.9 Å². The molecular weight excluding hydrogens is 317 g/mol. The van der Waals surface area contributed by atoms with E-state index in [9.17, 15) is 9.18 Å². The first-order valence-corrected chi connectivity index (χ1v) is 7.96. The van der Waals surface area contributed by atoms with Gasteiger partial charge in [0.2, 0.25) is 11.7 Å². The second-order valence-corrected chi connectivity index (χ2v) is 5.66. The van der Waals surface area contributed by atoms with Gasteiger partial charge in [-0.15, -0.1) is 10.2 Å². The molecular formula is C15H14FN5OS. The van der Waals surface area contributed by atoms with Gasteiger partial charge in [0, 0.05) is 17.5 Å². The van der Waals surface area contributed by atoms with Crippen LogP contribution >= 0.6 is 11.3 Å². The molecule has 2 heterocycles. The van der Waals surface area contributed by atoms with E-state index in [1.807, 2.05) is 16.8 Å². The minimum absolute atomic E-state index is 0.0144. The molecule has 1 amide bonds. The maximum atomic E-state index is 12.8. The number of nitrogens with one attached hydrogen (secondary N) is 1. The van der Waals surface area contributed by atoms with Crippen molar-refractivity contribution in [3.8, 4) is 11.4 Å². The Morgan fingerprint density at radius 1 is 1.26 bits per heavy atom. The number of hydrogen-bond donors (Lipinski definition) is 1. The molecule has 1 N–H and O–H groups in total. The van der Waals surface area contributed by atoms with Crippen molar-refractivity contribution in [2.75, 3.05) is 6.54 Å². The second-order valence-electron chi connectivity index (χ2n) is 4.88. The summed E-state index contributed by atoms with van der Waals surface area (Å²) in [5.74, 6) is 0.0446. The van der Waals surface area contributed by atoms with E-state index >= 15 is 0 Å². The van der Waals surface area contributed by atoms with Crippen LogP contribution in [-0.4, -0.2) is 32.7 Å². The monoisotopic (exact) mass is 331 g/mol. The molecule has 6 nitrogen and oxygen atoms in total. The molecule has 0 spiro atoms. The van der Waals surface area contributed by atoms with E-state index in [0.29, 0.717) is 18.8 Å². The number of thiophene rings is 1. The molecule has 0 fully saturated rings. The number of benzene rings is 1. The van der Waals surface area contributed by atoms with E-state index in [4.69, 9.17) is 0 Å². The van der Waals surface area contributed by atoms with Crippen LogP contribution in [0.1, 0.15) is 5.56 Å². The molecule has 0 aliphatic rings. The van der Waals surface area contributed by atoms with Gasteiger partial charge in [0.15, 0.2) is 0 Å². The summed E-state index contributed by atoms with van der Waals surface area (Å²) >= 11 is 1.55. The van der Waals surface area contributed by atoms with Crippen molar-refractivity contribution in [1.82, 2.24) is 25.5 Å². The number of hydrogen-bond acceptors (Lipinski definition) is 5. The van der Waals surface area contributed by atoms with Gasteiger partial charge in [-0.25, -0.2) is 4.39 Å². The lowest BCUT2D eigenvalue weighted by Crippen LogP contribution is -2.30. The summed E-state index contributed by atoms with van der Waals surface area (Å²) in [4.78, 5) is 13.1. The van der Waals surface area contributed by atoms with Gasteiger partial charge < -0.3 is 5.32 Å². The van der Waals surface area contributed by atoms with Gasteiger partial charge in [0.1, 0.15) is 12.4 Å². The van der Waals surface area contributed by atoms with Crippen molar-refractivity contribution in [1.29, 1.82) is 0 Å². The van der Waals surface area contributed by atoms with Gasteiger partial charge in [-0.3, -0.25) is 4.79 Å². The van der Waals surface area contributed by atoms with Gasteiger partial charge in [-0.05, 0) is 40.8 Å². The van der Waals surface area contributed by atoms with Crippen LogP contribution in [0.4, 0.5) is 4.39 Å². The van der Waals surface area contributed by atoms with Gasteiger partial charge >= 0.3 is 0 Å². The van der Waals surface area contributed by atoms with Gasteiger partial charge in [-0.2, -0.15) is 16.1 Å². The van der Waals surface area contributed by atoms with Crippen LogP contribution in [0.25, 0.3) is 11.4 Å². The molecule has 3 aromatic rings. The van der Waals surface area contributed by atoms with Gasteiger partial charge in [0.25, 0.3) is 0 Å². The number of carbonyl (C=O) groups excluding carboxylic acids is 1. The van der Waals surface area contributed by atoms with Crippen molar-refractivity contribution < 1.29 is 9.18 Å². The van der Waals surface area contributed by atoms with Gasteiger partial charge in [0.05, 0.1) is 0 Å². The minimum Gasteiger partial charge on any atom is -0.354 e. The third-order valence-electron chi connectivity index (χ3n) is 3.17. The predicted octanol–water partition coefficient (Wildman–Crippen LogP) is 1.90. The Morgan fingerprint density at radius 2 is 2.09 bits per heavy atom. The number of rotatable bonds is 6. The maximum Gasteiger partial charge on any atom is 0.243 e. The predicted molar refractivity (Wildman–Crippen MR) is 84.2 cm³/mol. The SMILES string of the molecule is O=C(Cn1nnc(-c2ccsc2)n1)NCCc1ccc(F)cc1. The smallest absolute Gasteiger partial charge is 0.243 e. The Bertz CT molecular complexity index is 770. The lowest BCUT2D eigenvalue weighted by atomic mass is 10.1. The maximum absolute atomic E-state index is 12.8. The molecule has 0 aliphatic carbocycles. The molecule has 0 radical (unpaired) electrons. The topological polar surface area (TPSA) is 72.7 Å². The number of aromatic nitrogens is 4. The van der Waals surface area contributed by atoms with Crippen LogP contribution in [0, 0.1) is 5.82 Å². The van der Waals surface area contributed by atoms with Crippen molar-refractivity contribution in [2.45, 2.75) is 13.0 Å². The van der Waals surface area contributed by atoms with Gasteiger partial charge in [-0.1, -0.05) is 12.1 Å². The summed E-state index contributed by atoms with van der Waals surface area (Å²) in [6, 6.07) is 8.11. The van der Waals surface area contributed by atoms with E-state index in [1.54, 1.807) is 23.5 Å². The average Bonchev–Trinajstić information content (AvgIpc) is 3.20. The molecule has 0 unspecified atom stereocenters. The molecule has 0 saturated carbocycles. The van der Waals surface area contributed by atoms with Crippen molar-refractivity contribution in [3.05, 3.63) is 52.5 Å². The summed E-state index contributed by atoms with van der Waals surface area (Å²) in [6.07, 6.45) is 0.636. The highest BCUT2D eigenvalue weighted by Gasteiger charge is 2.09. The Balaban J connectivity index is 1.47. The quantitative estimate of drug-likeness (QED) is 0.749. The van der Waals surface area contributed by atoms with E-state index in [2.05, 4.69) is 20.7 Å². The number of tetrazole rings is 1. The third kappa shape index (κ3) is 4.19. The highest BCUT2D eigenvalue weighted by molar-refractivity contribution is 7.08. The highest BCUT2D eigenvalue weighted by Crippen LogP contribution is 2.16. The molecule has 0 saturated heterocycles. The normalized spacial score (nSPS) is 10.7. The zero-order valence-electron chi connectivity index (χ0n) is 12.1. The fourth-order valence-corrected chi connectivity index (χ4v) is 2.63. The number of nitrogens with zero attached hydrogens (tertiary/aromatic N) is 4. The summed E-state index contributed by atoms with van der Waals surface area (Å²) in [5, 5.41) is 18.6. The molecule has 0 aliphatic heterocycles. The Hall–Kier alpha value is -2.61. The molecule has 3 rings (SSSR count). The molecule has 2 aromatic heterocycles. The van der Waals surface area contributed by atoms with Crippen LogP contribution in [-0.2, 0) is 17.8 Å². The largest absolute Gasteiger partial charge is 0.354 e. The van der Waals surface area contributed by atoms with E-state index in [0.717, 1.165) is 11.1 Å². The standard InChI is InChI=1S/C15H14FN5OS/c16-13-3-1-11(2-4-13)5-7-17-14(22)9-21-19-15(18-20-21)12-6-8-23-10-12/h1-4,6,8,10H,5,7,9H2,(H,17,22). The average molecular weight is 331 g/mol. The zero-order chi connectivity index (χ0) is 16.1. The summed E-state index contributed by atoms with van der Waals surface area (Å²) < 4.78 is 12.8. The van der Waals surface area contributed by atoms with Crippen LogP contribution < -0.4 is 5.32 Å². The van der Waals surface area contributed by atoms with E-state index in [-0.39, 0.29) is 18.3 Å². The molecule has 8 heteroatoms. The van der Waals surface area contributed by atoms with Crippen molar-refractivity contribution >= 4 is 17.2 Å². The van der Waals surface area contributed by atoms with E-state index < -0.39 is 0 Å². The van der Waals surface area contributed by atoms with Crippen molar-refractivity contribution in [3.63, 3.8) is 0 Å². The third-order valence-corrected chi connectivity index (χ3v) is 3.85. The van der Waals surface area contributed by atoms with Crippen LogP contribution in [0.5, 0.6) is 0 Å². The minimum atomic E-state index is -0.267. The second kappa shape index (κ2) is 7.10. The summed E-state index contributed by atoms with van der Waals surface area (Å²) in [5.41, 5.74) is 1.85. The van der Waals surface area contributed by atoms with Crippen LogP contribution in [0.2, 0.25) is 0 Å². The molecule has 1 aromatic carbocycles. The number of halogens is 1. The Kier molecular flexibility index (Phi) is 4.72. The molecule has 118 valence electrons. The summed E-state index contributed by atoms with van der Waals surface area (Å²) in [7, 11) is 0. The molecule has 0 bridgehead atoms. The first-order valence-electron chi connectivity index (χ1n) is 7.02. The lowest BCUT2D eigenvalue weighted by molar-refractivity contribution is -0.122. The first-order chi connectivity index (χ1) is 11.2. The van der Waals surface area contributed by atoms with Crippen LogP contribution in [0.3, 0.4) is 0 Å². The summed E-state index contributed by atoms with van der Waals surface area (Å²) in [6.45, 7) is 0.483. The van der Waals surface area contributed by atoms with Crippen molar-refractivity contribution in [2.24, 2.45) is 0 Å². The lowest BCUT2D eigenvalue weighted by Gasteiger charge is -2.04. The van der Waals surface area contributed by atoms with Crippen LogP contribution in [0.15, 0.2) is 41.1 Å². The number of amides is 1. The molecule has 23 heavy (non-hydrogen) atoms. The first kappa shape index (κ1) is 15.3. The fraction of sp³-hybridized carbons (Fsp3) is 0.200. The zero-order valence-corrected chi connectivity index (χ0v) is 13.0. The highest BCUT2D eigenvalue weighted by atomic mass is 32.1. The Labute approximate surface area is 136 Å². The Morgan fingerprint density at radius 3 is 2.83 bits per heavy atom.